The topological polar surface area (TPSA) is 184 Å². The van der Waals surface area contributed by atoms with Crippen LogP contribution in [0.5, 0.6) is 0 Å². The zero-order chi connectivity index (χ0) is 27.6. The van der Waals surface area contributed by atoms with E-state index in [1.165, 1.54) is 13.3 Å². The molecule has 8 atom stereocenters. The van der Waals surface area contributed by atoms with Gasteiger partial charge in [0.05, 0.1) is 25.4 Å². The molecule has 1 aliphatic heterocycles. The SMILES string of the molecule is CCCCCCCCC(=O)N[C@@H](COC1OC(COCCCCCCN)C(O)C(O)C1O)[C@H](O)[C@@H](C)O. The minimum atomic E-state index is -1.55. The molecule has 1 amide bonds. The van der Waals surface area contributed by atoms with E-state index >= 15 is 0 Å². The Bertz CT molecular complexity index is 584. The van der Waals surface area contributed by atoms with Gasteiger partial charge in [-0.3, -0.25) is 4.79 Å². The van der Waals surface area contributed by atoms with Crippen LogP contribution in [0, 0.1) is 0 Å². The van der Waals surface area contributed by atoms with Crippen molar-refractivity contribution in [2.75, 3.05) is 26.4 Å². The predicted molar refractivity (Wildman–Crippen MR) is 139 cm³/mol. The molecule has 0 aromatic rings. The van der Waals surface area contributed by atoms with Gasteiger partial charge in [-0.2, -0.15) is 0 Å². The van der Waals surface area contributed by atoms with Gasteiger partial charge in [0.1, 0.15) is 30.5 Å². The van der Waals surface area contributed by atoms with E-state index in [1.807, 2.05) is 0 Å². The summed E-state index contributed by atoms with van der Waals surface area (Å²) in [6.45, 7) is 4.36. The minimum Gasteiger partial charge on any atom is -0.391 e. The van der Waals surface area contributed by atoms with Gasteiger partial charge in [-0.1, -0.05) is 51.9 Å². The number of carbonyl (C=O) groups excluding carboxylic acids is 1. The van der Waals surface area contributed by atoms with E-state index in [0.717, 1.165) is 57.8 Å². The largest absolute Gasteiger partial charge is 0.391 e. The van der Waals surface area contributed by atoms with Crippen molar-refractivity contribution in [1.29, 1.82) is 0 Å². The number of hydrogen-bond acceptors (Lipinski definition) is 10. The molecule has 0 aromatic carbocycles. The van der Waals surface area contributed by atoms with Gasteiger partial charge in [-0.25, -0.2) is 0 Å². The van der Waals surface area contributed by atoms with E-state index in [1.54, 1.807) is 0 Å². The van der Waals surface area contributed by atoms with E-state index in [9.17, 15) is 30.3 Å². The third-order valence-corrected chi connectivity index (χ3v) is 6.64. The normalized spacial score (nSPS) is 26.5. The van der Waals surface area contributed by atoms with Crippen LogP contribution in [0.3, 0.4) is 0 Å². The summed E-state index contributed by atoms with van der Waals surface area (Å²) in [6.07, 6.45) is 1.07. The molecule has 1 fully saturated rings. The second-order valence-electron chi connectivity index (χ2n) is 10.0. The van der Waals surface area contributed by atoms with Crippen LogP contribution in [0.1, 0.15) is 84.5 Å². The van der Waals surface area contributed by atoms with Crippen LogP contribution in [0.2, 0.25) is 0 Å². The lowest BCUT2D eigenvalue weighted by molar-refractivity contribution is -0.304. The Labute approximate surface area is 221 Å². The monoisotopic (exact) mass is 536 g/mol. The van der Waals surface area contributed by atoms with Crippen LogP contribution in [0.25, 0.3) is 0 Å². The highest BCUT2D eigenvalue weighted by Gasteiger charge is 2.44. The van der Waals surface area contributed by atoms with E-state index < -0.39 is 49.0 Å². The molecule has 220 valence electrons. The van der Waals surface area contributed by atoms with Crippen molar-refractivity contribution in [3.05, 3.63) is 0 Å². The van der Waals surface area contributed by atoms with Crippen LogP contribution in [0.4, 0.5) is 0 Å². The minimum absolute atomic E-state index is 0.00356. The van der Waals surface area contributed by atoms with Crippen LogP contribution in [-0.2, 0) is 19.0 Å². The van der Waals surface area contributed by atoms with Crippen molar-refractivity contribution in [3.63, 3.8) is 0 Å². The van der Waals surface area contributed by atoms with E-state index in [-0.39, 0.29) is 25.5 Å². The van der Waals surface area contributed by atoms with Gasteiger partial charge in [-0.15, -0.1) is 0 Å². The number of rotatable bonds is 21. The molecule has 1 heterocycles. The molecular weight excluding hydrogens is 484 g/mol. The van der Waals surface area contributed by atoms with Crippen molar-refractivity contribution in [3.8, 4) is 0 Å². The lowest BCUT2D eigenvalue weighted by Crippen LogP contribution is -2.60. The third-order valence-electron chi connectivity index (χ3n) is 6.64. The standard InChI is InChI=1S/C26H52N2O9/c1-3-4-5-6-7-10-13-21(30)28-19(22(31)18(2)29)16-36-26-25(34)24(33)23(32)20(37-26)17-35-15-12-9-8-11-14-27/h18-20,22-26,29,31-34H,3-17,27H2,1-2H3,(H,28,30)/t18-,19+,20?,22-,23?,24?,25?,26?/m1/s1. The number of nitrogens with one attached hydrogen (secondary N) is 1. The Kier molecular flexibility index (Phi) is 18.5. The highest BCUT2D eigenvalue weighted by atomic mass is 16.7. The summed E-state index contributed by atoms with van der Waals surface area (Å²) in [5, 5.41) is 53.9. The van der Waals surface area contributed by atoms with Gasteiger partial charge in [0.25, 0.3) is 0 Å². The van der Waals surface area contributed by atoms with Gasteiger partial charge in [-0.05, 0) is 32.7 Å². The van der Waals surface area contributed by atoms with Gasteiger partial charge in [0.2, 0.25) is 5.91 Å². The maximum atomic E-state index is 12.4. The second-order valence-corrected chi connectivity index (χ2v) is 10.0. The first-order valence-corrected chi connectivity index (χ1v) is 14.0. The first-order valence-electron chi connectivity index (χ1n) is 14.0. The van der Waals surface area contributed by atoms with E-state index in [2.05, 4.69) is 12.2 Å². The number of ether oxygens (including phenoxy) is 3. The summed E-state index contributed by atoms with van der Waals surface area (Å²) in [5.41, 5.74) is 5.48. The lowest BCUT2D eigenvalue weighted by atomic mass is 9.99. The van der Waals surface area contributed by atoms with Gasteiger partial charge < -0.3 is 50.8 Å². The molecule has 1 saturated heterocycles. The summed E-state index contributed by atoms with van der Waals surface area (Å²) >= 11 is 0. The fraction of sp³-hybridized carbons (Fsp3) is 0.962. The van der Waals surface area contributed by atoms with Gasteiger partial charge in [0.15, 0.2) is 6.29 Å². The zero-order valence-electron chi connectivity index (χ0n) is 22.7. The summed E-state index contributed by atoms with van der Waals surface area (Å²) in [4.78, 5) is 12.4. The van der Waals surface area contributed by atoms with Crippen LogP contribution in [0.15, 0.2) is 0 Å². The molecule has 1 rings (SSSR count). The third kappa shape index (κ3) is 13.6. The van der Waals surface area contributed by atoms with Gasteiger partial charge in [0, 0.05) is 13.0 Å². The number of carbonyl (C=O) groups is 1. The first kappa shape index (κ1) is 34.1. The molecule has 0 radical (unpaired) electrons. The zero-order valence-corrected chi connectivity index (χ0v) is 22.7. The fourth-order valence-electron chi connectivity index (χ4n) is 4.20. The molecule has 0 saturated carbocycles. The molecule has 11 heteroatoms. The Morgan fingerprint density at radius 2 is 1.59 bits per heavy atom. The summed E-state index contributed by atoms with van der Waals surface area (Å²) in [6, 6.07) is -0.962. The van der Waals surface area contributed by atoms with Gasteiger partial charge >= 0.3 is 0 Å². The Morgan fingerprint density at radius 3 is 2.27 bits per heavy atom. The molecule has 0 aliphatic carbocycles. The maximum Gasteiger partial charge on any atom is 0.220 e. The Balaban J connectivity index is 2.57. The predicted octanol–water partition coefficient (Wildman–Crippen LogP) is 0.323. The van der Waals surface area contributed by atoms with Crippen molar-refractivity contribution >= 4 is 5.91 Å². The number of unbranched alkanes of at least 4 members (excludes halogenated alkanes) is 8. The molecule has 0 bridgehead atoms. The highest BCUT2D eigenvalue weighted by molar-refractivity contribution is 5.76. The van der Waals surface area contributed by atoms with Crippen LogP contribution in [-0.4, -0.2) is 107 Å². The maximum absolute atomic E-state index is 12.4. The quantitative estimate of drug-likeness (QED) is 0.101. The Hall–Kier alpha value is -0.890. The number of hydrogen-bond donors (Lipinski definition) is 7. The average molecular weight is 537 g/mol. The summed E-state index contributed by atoms with van der Waals surface area (Å²) in [7, 11) is 0. The number of amides is 1. The van der Waals surface area contributed by atoms with E-state index in [4.69, 9.17) is 19.9 Å². The number of aliphatic hydroxyl groups excluding tert-OH is 5. The number of nitrogens with two attached hydrogens (primary N) is 1. The number of aliphatic hydroxyl groups is 5. The smallest absolute Gasteiger partial charge is 0.220 e. The van der Waals surface area contributed by atoms with Crippen molar-refractivity contribution in [1.82, 2.24) is 5.32 Å². The molecule has 8 N–H and O–H groups in total. The lowest BCUT2D eigenvalue weighted by Gasteiger charge is -2.40. The first-order chi connectivity index (χ1) is 17.7. The molecule has 1 aliphatic rings. The molecule has 0 aromatic heterocycles. The van der Waals surface area contributed by atoms with Crippen LogP contribution >= 0.6 is 0 Å². The van der Waals surface area contributed by atoms with Crippen LogP contribution < -0.4 is 11.1 Å². The van der Waals surface area contributed by atoms with Crippen molar-refractivity contribution < 1.29 is 44.5 Å². The summed E-state index contributed by atoms with van der Waals surface area (Å²) in [5.74, 6) is -0.276. The summed E-state index contributed by atoms with van der Waals surface area (Å²) < 4.78 is 16.9. The highest BCUT2D eigenvalue weighted by Crippen LogP contribution is 2.23. The fourth-order valence-corrected chi connectivity index (χ4v) is 4.20. The molecule has 11 nitrogen and oxygen atoms in total. The molecule has 0 spiro atoms. The van der Waals surface area contributed by atoms with E-state index in [0.29, 0.717) is 13.2 Å². The Morgan fingerprint density at radius 1 is 0.946 bits per heavy atom. The average Bonchev–Trinajstić information content (AvgIpc) is 2.87. The van der Waals surface area contributed by atoms with Crippen molar-refractivity contribution in [2.45, 2.75) is 133 Å². The molecular formula is C26H52N2O9. The van der Waals surface area contributed by atoms with Crippen molar-refractivity contribution in [2.24, 2.45) is 5.73 Å². The second kappa shape index (κ2) is 20.1. The molecule has 37 heavy (non-hydrogen) atoms. The molecule has 5 unspecified atom stereocenters.